The van der Waals surface area contributed by atoms with Gasteiger partial charge in [-0.15, -0.1) is 0 Å². The van der Waals surface area contributed by atoms with Crippen molar-refractivity contribution in [1.82, 2.24) is 4.90 Å². The van der Waals surface area contributed by atoms with Gasteiger partial charge < -0.3 is 15.0 Å². The number of amides is 1. The summed E-state index contributed by atoms with van der Waals surface area (Å²) in [4.78, 5) is 13.1. The van der Waals surface area contributed by atoms with Crippen LogP contribution in [0.4, 0.5) is 10.1 Å². The Hall–Kier alpha value is -2.27. The SMILES string of the molecule is CN(C)C(=O)COc1ccccc1CNc1ccc(F)c(Cl)c1. The number of carbonyl (C=O) groups is 1. The minimum Gasteiger partial charge on any atom is -0.483 e. The second-order valence-electron chi connectivity index (χ2n) is 5.17. The number of likely N-dealkylation sites (N-methyl/N-ethyl adjacent to an activating group) is 1. The Bertz CT molecular complexity index is 692. The van der Waals surface area contributed by atoms with Crippen LogP contribution in [0.15, 0.2) is 42.5 Å². The molecule has 1 N–H and O–H groups in total. The van der Waals surface area contributed by atoms with Crippen molar-refractivity contribution in [3.05, 3.63) is 58.9 Å². The van der Waals surface area contributed by atoms with Crippen LogP contribution in [0.25, 0.3) is 0 Å². The molecule has 2 rings (SSSR count). The summed E-state index contributed by atoms with van der Waals surface area (Å²) in [6, 6.07) is 11.9. The van der Waals surface area contributed by atoms with Gasteiger partial charge in [-0.2, -0.15) is 0 Å². The highest BCUT2D eigenvalue weighted by Crippen LogP contribution is 2.22. The molecule has 0 aliphatic carbocycles. The standard InChI is InChI=1S/C17H18ClFN2O2/c1-21(2)17(22)11-23-16-6-4-3-5-12(16)10-20-13-7-8-15(19)14(18)9-13/h3-9,20H,10-11H2,1-2H3. The lowest BCUT2D eigenvalue weighted by molar-refractivity contribution is -0.130. The van der Waals surface area contributed by atoms with Gasteiger partial charge in [0.1, 0.15) is 11.6 Å². The summed E-state index contributed by atoms with van der Waals surface area (Å²) in [6.45, 7) is 0.445. The molecule has 2 aromatic rings. The highest BCUT2D eigenvalue weighted by Gasteiger charge is 2.08. The summed E-state index contributed by atoms with van der Waals surface area (Å²) >= 11 is 5.76. The zero-order chi connectivity index (χ0) is 16.8. The topological polar surface area (TPSA) is 41.6 Å². The summed E-state index contributed by atoms with van der Waals surface area (Å²) in [6.07, 6.45) is 0. The van der Waals surface area contributed by atoms with Crippen LogP contribution in [-0.2, 0) is 11.3 Å². The number of nitrogens with one attached hydrogen (secondary N) is 1. The van der Waals surface area contributed by atoms with E-state index in [1.165, 1.54) is 17.0 Å². The van der Waals surface area contributed by atoms with Crippen LogP contribution in [0.5, 0.6) is 5.75 Å². The van der Waals surface area contributed by atoms with Gasteiger partial charge in [-0.05, 0) is 24.3 Å². The molecule has 6 heteroatoms. The first-order valence-corrected chi connectivity index (χ1v) is 7.45. The van der Waals surface area contributed by atoms with E-state index in [0.29, 0.717) is 18.0 Å². The molecule has 0 aromatic heterocycles. The average molecular weight is 337 g/mol. The van der Waals surface area contributed by atoms with Gasteiger partial charge in [0.05, 0.1) is 5.02 Å². The van der Waals surface area contributed by atoms with Crippen molar-refractivity contribution in [2.24, 2.45) is 0 Å². The Kier molecular flexibility index (Phi) is 5.82. The third-order valence-corrected chi connectivity index (χ3v) is 3.51. The van der Waals surface area contributed by atoms with E-state index in [1.807, 2.05) is 18.2 Å². The monoisotopic (exact) mass is 336 g/mol. The van der Waals surface area contributed by atoms with Crippen molar-refractivity contribution in [1.29, 1.82) is 0 Å². The number of benzene rings is 2. The first-order chi connectivity index (χ1) is 11.0. The predicted molar refractivity (Wildman–Crippen MR) is 89.4 cm³/mol. The average Bonchev–Trinajstić information content (AvgIpc) is 2.54. The van der Waals surface area contributed by atoms with E-state index in [2.05, 4.69) is 5.32 Å². The zero-order valence-corrected chi connectivity index (χ0v) is 13.7. The molecule has 0 saturated heterocycles. The van der Waals surface area contributed by atoms with E-state index >= 15 is 0 Å². The Labute approximate surface area is 139 Å². The molecule has 0 atom stereocenters. The molecule has 2 aromatic carbocycles. The number of hydrogen-bond acceptors (Lipinski definition) is 3. The molecular formula is C17H18ClFN2O2. The Morgan fingerprint density at radius 2 is 2.00 bits per heavy atom. The van der Waals surface area contributed by atoms with Crippen molar-refractivity contribution in [3.63, 3.8) is 0 Å². The van der Waals surface area contributed by atoms with Crippen LogP contribution in [0.2, 0.25) is 5.02 Å². The number of nitrogens with zero attached hydrogens (tertiary/aromatic N) is 1. The second kappa shape index (κ2) is 7.83. The molecule has 4 nitrogen and oxygen atoms in total. The first kappa shape index (κ1) is 17.1. The molecule has 0 saturated carbocycles. The number of ether oxygens (including phenoxy) is 1. The molecular weight excluding hydrogens is 319 g/mol. The van der Waals surface area contributed by atoms with Gasteiger partial charge >= 0.3 is 0 Å². The molecule has 122 valence electrons. The van der Waals surface area contributed by atoms with Gasteiger partial charge in [0.2, 0.25) is 0 Å². The molecule has 23 heavy (non-hydrogen) atoms. The molecule has 0 bridgehead atoms. The zero-order valence-electron chi connectivity index (χ0n) is 13.0. The highest BCUT2D eigenvalue weighted by atomic mass is 35.5. The van der Waals surface area contributed by atoms with Gasteiger partial charge in [0, 0.05) is 31.9 Å². The normalized spacial score (nSPS) is 10.3. The highest BCUT2D eigenvalue weighted by molar-refractivity contribution is 6.31. The predicted octanol–water partition coefficient (Wildman–Crippen LogP) is 3.56. The molecule has 0 heterocycles. The lowest BCUT2D eigenvalue weighted by Crippen LogP contribution is -2.27. The minimum atomic E-state index is -0.455. The quantitative estimate of drug-likeness (QED) is 0.877. The van der Waals surface area contributed by atoms with Crippen LogP contribution >= 0.6 is 11.6 Å². The maximum Gasteiger partial charge on any atom is 0.259 e. The Morgan fingerprint density at radius 1 is 1.26 bits per heavy atom. The lowest BCUT2D eigenvalue weighted by Gasteiger charge is -2.15. The lowest BCUT2D eigenvalue weighted by atomic mass is 10.2. The second-order valence-corrected chi connectivity index (χ2v) is 5.57. The Morgan fingerprint density at radius 3 is 2.70 bits per heavy atom. The van der Waals surface area contributed by atoms with Crippen LogP contribution in [0.1, 0.15) is 5.56 Å². The molecule has 0 unspecified atom stereocenters. The van der Waals surface area contributed by atoms with Gasteiger partial charge in [0.15, 0.2) is 6.61 Å². The molecule has 0 radical (unpaired) electrons. The number of anilines is 1. The Balaban J connectivity index is 2.02. The third kappa shape index (κ3) is 4.86. The summed E-state index contributed by atoms with van der Waals surface area (Å²) in [7, 11) is 3.36. The van der Waals surface area contributed by atoms with E-state index < -0.39 is 5.82 Å². The fraction of sp³-hybridized carbons (Fsp3) is 0.235. The summed E-state index contributed by atoms with van der Waals surface area (Å²) in [5.41, 5.74) is 1.59. The van der Waals surface area contributed by atoms with E-state index in [1.54, 1.807) is 26.2 Å². The molecule has 0 spiro atoms. The number of para-hydroxylation sites is 1. The number of hydrogen-bond donors (Lipinski definition) is 1. The summed E-state index contributed by atoms with van der Waals surface area (Å²) < 4.78 is 18.7. The molecule has 0 aliphatic rings. The van der Waals surface area contributed by atoms with E-state index in [-0.39, 0.29) is 17.5 Å². The van der Waals surface area contributed by atoms with E-state index in [9.17, 15) is 9.18 Å². The van der Waals surface area contributed by atoms with Gasteiger partial charge in [-0.1, -0.05) is 29.8 Å². The number of rotatable bonds is 6. The summed E-state index contributed by atoms with van der Waals surface area (Å²) in [5.74, 6) is 0.0598. The van der Waals surface area contributed by atoms with Crippen LogP contribution in [0, 0.1) is 5.82 Å². The largest absolute Gasteiger partial charge is 0.483 e. The van der Waals surface area contributed by atoms with Gasteiger partial charge in [-0.25, -0.2) is 4.39 Å². The van der Waals surface area contributed by atoms with Crippen LogP contribution in [0.3, 0.4) is 0 Å². The number of halogens is 2. The van der Waals surface area contributed by atoms with E-state index in [4.69, 9.17) is 16.3 Å². The van der Waals surface area contributed by atoms with Crippen LogP contribution < -0.4 is 10.1 Å². The first-order valence-electron chi connectivity index (χ1n) is 7.07. The minimum absolute atomic E-state index is 0.0214. The van der Waals surface area contributed by atoms with Gasteiger partial charge in [0.25, 0.3) is 5.91 Å². The van der Waals surface area contributed by atoms with Crippen molar-refractivity contribution >= 4 is 23.2 Å². The maximum absolute atomic E-state index is 13.2. The smallest absolute Gasteiger partial charge is 0.259 e. The maximum atomic E-state index is 13.2. The molecule has 1 amide bonds. The van der Waals surface area contributed by atoms with Crippen LogP contribution in [-0.4, -0.2) is 31.5 Å². The van der Waals surface area contributed by atoms with Crippen molar-refractivity contribution < 1.29 is 13.9 Å². The van der Waals surface area contributed by atoms with Crippen molar-refractivity contribution in [2.45, 2.75) is 6.54 Å². The molecule has 0 aliphatic heterocycles. The van der Waals surface area contributed by atoms with E-state index in [0.717, 1.165) is 5.56 Å². The summed E-state index contributed by atoms with van der Waals surface area (Å²) in [5, 5.41) is 3.22. The fourth-order valence-corrected chi connectivity index (χ4v) is 2.04. The fourth-order valence-electron chi connectivity index (χ4n) is 1.86. The number of carbonyl (C=O) groups excluding carboxylic acids is 1. The van der Waals surface area contributed by atoms with Gasteiger partial charge in [-0.3, -0.25) is 4.79 Å². The third-order valence-electron chi connectivity index (χ3n) is 3.23. The van der Waals surface area contributed by atoms with Crippen molar-refractivity contribution in [2.75, 3.05) is 26.0 Å². The van der Waals surface area contributed by atoms with Crippen molar-refractivity contribution in [3.8, 4) is 5.75 Å². The molecule has 0 fully saturated rings.